The quantitative estimate of drug-likeness (QED) is 0.313. The summed E-state index contributed by atoms with van der Waals surface area (Å²) in [5, 5.41) is 24.3. The molecular formula is C23H27N5O6S2. The number of aromatic hydroxyl groups is 1. The van der Waals surface area contributed by atoms with Gasteiger partial charge in [0.15, 0.2) is 9.54 Å². The number of methoxy groups -OCH3 is 1. The number of hydrogen-bond acceptors (Lipinski definition) is 8. The van der Waals surface area contributed by atoms with E-state index in [0.29, 0.717) is 31.1 Å². The van der Waals surface area contributed by atoms with Crippen LogP contribution in [0.4, 0.5) is 0 Å². The van der Waals surface area contributed by atoms with Crippen molar-refractivity contribution in [3.05, 3.63) is 70.7 Å². The van der Waals surface area contributed by atoms with Crippen LogP contribution in [0.3, 0.4) is 0 Å². The van der Waals surface area contributed by atoms with Gasteiger partial charge in [-0.25, -0.2) is 0 Å². The third-order valence-corrected chi connectivity index (χ3v) is 7.24. The lowest BCUT2D eigenvalue weighted by molar-refractivity contribution is -0.921. The number of benzene rings is 1. The number of quaternary nitrogens is 1. The highest BCUT2D eigenvalue weighted by molar-refractivity contribution is 7.71. The Bertz CT molecular complexity index is 1450. The minimum atomic E-state index is -1.21. The molecule has 0 spiro atoms. The summed E-state index contributed by atoms with van der Waals surface area (Å²) in [6.45, 7) is 3.52. The third kappa shape index (κ3) is 4.74. The maximum atomic E-state index is 13.3. The highest BCUT2D eigenvalue weighted by Crippen LogP contribution is 2.37. The second-order valence-electron chi connectivity index (χ2n) is 8.64. The molecule has 0 saturated carbocycles. The smallest absolute Gasteiger partial charge is 0.259 e. The molecule has 1 unspecified atom stereocenters. The summed E-state index contributed by atoms with van der Waals surface area (Å²) >= 11 is 10.2. The van der Waals surface area contributed by atoms with Crippen LogP contribution in [0, 0.1) is 9.54 Å². The van der Waals surface area contributed by atoms with E-state index >= 15 is 0 Å². The van der Waals surface area contributed by atoms with E-state index in [1.807, 2.05) is 0 Å². The Morgan fingerprint density at radius 1 is 1.11 bits per heavy atom. The largest absolute Gasteiger partial charge is 0.860 e. The maximum Gasteiger partial charge on any atom is 0.259 e. The number of aromatic amines is 2. The summed E-state index contributed by atoms with van der Waals surface area (Å²) in [4.78, 5) is 32.5. The van der Waals surface area contributed by atoms with Gasteiger partial charge in [-0.15, -0.1) is 0 Å². The van der Waals surface area contributed by atoms with E-state index in [4.69, 9.17) is 33.9 Å². The molecule has 0 amide bonds. The van der Waals surface area contributed by atoms with Crippen LogP contribution in [0.25, 0.3) is 0 Å². The van der Waals surface area contributed by atoms with Crippen molar-refractivity contribution >= 4 is 24.4 Å². The molecule has 36 heavy (non-hydrogen) atoms. The zero-order chi connectivity index (χ0) is 26.1. The number of rotatable bonds is 6. The topological polar surface area (TPSA) is 142 Å². The first-order valence-corrected chi connectivity index (χ1v) is 12.1. The van der Waals surface area contributed by atoms with Crippen LogP contribution in [0.2, 0.25) is 0 Å². The lowest BCUT2D eigenvalue weighted by Gasteiger charge is -2.27. The molecular weight excluding hydrogens is 506 g/mol. The van der Waals surface area contributed by atoms with E-state index < -0.39 is 28.8 Å². The normalized spacial score (nSPS) is 15.1. The molecule has 1 aromatic carbocycles. The van der Waals surface area contributed by atoms with Gasteiger partial charge in [-0.2, -0.15) is 0 Å². The molecule has 1 aliphatic heterocycles. The fourth-order valence-corrected chi connectivity index (χ4v) is 4.81. The minimum absolute atomic E-state index is 0.00550. The van der Waals surface area contributed by atoms with Crippen LogP contribution in [-0.4, -0.2) is 57.6 Å². The fraction of sp³-hybridized carbons (Fsp3) is 0.391. The van der Waals surface area contributed by atoms with E-state index in [1.54, 1.807) is 25.3 Å². The Hall–Kier alpha value is -3.26. The van der Waals surface area contributed by atoms with Crippen LogP contribution in [0.1, 0.15) is 28.2 Å². The van der Waals surface area contributed by atoms with Gasteiger partial charge in [-0.1, -0.05) is 6.07 Å². The number of nitrogens with one attached hydrogen (secondary N) is 3. The molecule has 4 N–H and O–H groups in total. The number of H-pyrrole nitrogens is 2. The summed E-state index contributed by atoms with van der Waals surface area (Å²) in [6, 6.07) is 5.19. The van der Waals surface area contributed by atoms with Crippen molar-refractivity contribution in [2.24, 2.45) is 14.1 Å². The molecule has 4 rings (SSSR count). The Kier molecular flexibility index (Phi) is 7.45. The zero-order valence-electron chi connectivity index (χ0n) is 20.0. The van der Waals surface area contributed by atoms with Crippen molar-refractivity contribution in [1.82, 2.24) is 19.1 Å². The van der Waals surface area contributed by atoms with Crippen molar-refractivity contribution in [2.45, 2.75) is 12.5 Å². The average Bonchev–Trinajstić information content (AvgIpc) is 2.85. The standard InChI is InChI=1S/C23H27N5O6S2/c1-26-20(31)16(18(29)24-22(26)35)15(17-19(30)25-23(36)27(2)21(17)32)12-4-5-14(33-3)13(10-12)11-28-6-8-34-9-7-28/h4-5,10,15,31-32H,6-9,11H2,1-3H3,(H,24,29,35)(H,25,30,36). The van der Waals surface area contributed by atoms with E-state index in [2.05, 4.69) is 9.97 Å². The van der Waals surface area contributed by atoms with Crippen LogP contribution in [0.5, 0.6) is 17.5 Å². The molecule has 0 aliphatic carbocycles. The SMILES string of the molecule is COc1ccc(C(c2c([O-])n(C)c(=S)[nH]c2=O)c2c(O)n(C)c(=S)[nH]c2=O)cc1C[NH+]1CCOCC1. The van der Waals surface area contributed by atoms with Crippen LogP contribution < -0.4 is 25.9 Å². The third-order valence-electron chi connectivity index (χ3n) is 6.49. The average molecular weight is 534 g/mol. The predicted molar refractivity (Wildman–Crippen MR) is 134 cm³/mol. The molecule has 2 aromatic heterocycles. The van der Waals surface area contributed by atoms with Gasteiger partial charge in [0, 0.05) is 25.2 Å². The summed E-state index contributed by atoms with van der Waals surface area (Å²) in [7, 11) is 4.47. The summed E-state index contributed by atoms with van der Waals surface area (Å²) in [6.07, 6.45) is 0. The van der Waals surface area contributed by atoms with Gasteiger partial charge in [0.25, 0.3) is 11.1 Å². The molecule has 1 saturated heterocycles. The van der Waals surface area contributed by atoms with E-state index in [-0.39, 0.29) is 20.7 Å². The maximum absolute atomic E-state index is 13.3. The summed E-state index contributed by atoms with van der Waals surface area (Å²) < 4.78 is 13.3. The second kappa shape index (κ2) is 10.4. The molecule has 3 aromatic rings. The number of ether oxygens (including phenoxy) is 2. The Morgan fingerprint density at radius 3 is 2.36 bits per heavy atom. The Balaban J connectivity index is 2.00. The van der Waals surface area contributed by atoms with Crippen LogP contribution >= 0.6 is 24.4 Å². The van der Waals surface area contributed by atoms with Gasteiger partial charge in [-0.05, 0) is 48.0 Å². The van der Waals surface area contributed by atoms with Crippen LogP contribution in [0.15, 0.2) is 27.8 Å². The van der Waals surface area contributed by atoms with Gasteiger partial charge in [-0.3, -0.25) is 24.1 Å². The Labute approximate surface area is 216 Å². The molecule has 1 aliphatic rings. The molecule has 192 valence electrons. The van der Waals surface area contributed by atoms with Crippen molar-refractivity contribution in [3.63, 3.8) is 0 Å². The molecule has 1 fully saturated rings. The summed E-state index contributed by atoms with van der Waals surface area (Å²) in [5.41, 5.74) is -0.602. The molecule has 0 bridgehead atoms. The van der Waals surface area contributed by atoms with E-state index in [0.717, 1.165) is 23.2 Å². The molecule has 13 heteroatoms. The van der Waals surface area contributed by atoms with Crippen LogP contribution in [-0.2, 0) is 25.4 Å². The number of nitrogens with zero attached hydrogens (tertiary/aromatic N) is 2. The van der Waals surface area contributed by atoms with E-state index in [1.165, 1.54) is 23.6 Å². The van der Waals surface area contributed by atoms with Crippen molar-refractivity contribution < 1.29 is 24.6 Å². The fourth-order valence-electron chi connectivity index (χ4n) is 4.46. The lowest BCUT2D eigenvalue weighted by atomic mass is 9.85. The van der Waals surface area contributed by atoms with E-state index in [9.17, 15) is 19.8 Å². The van der Waals surface area contributed by atoms with Gasteiger partial charge >= 0.3 is 0 Å². The number of morpholine rings is 1. The Morgan fingerprint density at radius 2 is 1.72 bits per heavy atom. The number of hydrogen-bond donors (Lipinski definition) is 4. The van der Waals surface area contributed by atoms with Gasteiger partial charge in [0.05, 0.1) is 31.8 Å². The first kappa shape index (κ1) is 25.8. The second-order valence-corrected chi connectivity index (χ2v) is 9.41. The summed E-state index contributed by atoms with van der Waals surface area (Å²) in [5.74, 6) is -1.70. The highest BCUT2D eigenvalue weighted by atomic mass is 32.1. The van der Waals surface area contributed by atoms with Gasteiger partial charge in [0.2, 0.25) is 5.88 Å². The zero-order valence-corrected chi connectivity index (χ0v) is 21.7. The molecule has 1 atom stereocenters. The highest BCUT2D eigenvalue weighted by Gasteiger charge is 2.30. The molecule has 0 radical (unpaired) electrons. The van der Waals surface area contributed by atoms with Crippen molar-refractivity contribution in [1.29, 1.82) is 0 Å². The first-order valence-electron chi connectivity index (χ1n) is 11.2. The first-order chi connectivity index (χ1) is 17.1. The number of aromatic nitrogens is 4. The van der Waals surface area contributed by atoms with Gasteiger partial charge in [0.1, 0.15) is 25.4 Å². The van der Waals surface area contributed by atoms with Gasteiger partial charge < -0.3 is 29.2 Å². The molecule has 11 nitrogen and oxygen atoms in total. The monoisotopic (exact) mass is 533 g/mol. The van der Waals surface area contributed by atoms with Crippen molar-refractivity contribution in [3.8, 4) is 17.5 Å². The minimum Gasteiger partial charge on any atom is -0.860 e. The predicted octanol–water partition coefficient (Wildman–Crippen LogP) is -0.418. The lowest BCUT2D eigenvalue weighted by Crippen LogP contribution is -3.12. The molecule has 3 heterocycles. The van der Waals surface area contributed by atoms with Crippen molar-refractivity contribution in [2.75, 3.05) is 33.4 Å².